The van der Waals surface area contributed by atoms with E-state index in [1.165, 1.54) is 12.5 Å². The molecular formula is C21H29NO2Si. The zero-order valence-corrected chi connectivity index (χ0v) is 16.8. The maximum absolute atomic E-state index is 11.1. The summed E-state index contributed by atoms with van der Waals surface area (Å²) in [7, 11) is -1.36. The van der Waals surface area contributed by atoms with E-state index in [1.54, 1.807) is 0 Å². The molecule has 0 unspecified atom stereocenters. The van der Waals surface area contributed by atoms with Crippen molar-refractivity contribution in [2.45, 2.75) is 58.1 Å². The summed E-state index contributed by atoms with van der Waals surface area (Å²) in [6, 6.07) is 10.9. The van der Waals surface area contributed by atoms with Gasteiger partial charge in [0.1, 0.15) is 14.2 Å². The van der Waals surface area contributed by atoms with Crippen LogP contribution in [0.1, 0.15) is 25.3 Å². The number of benzene rings is 1. The van der Waals surface area contributed by atoms with Crippen molar-refractivity contribution in [2.75, 3.05) is 6.54 Å². The highest BCUT2D eigenvalue weighted by Gasteiger charge is 2.22. The van der Waals surface area contributed by atoms with Crippen LogP contribution in [0.25, 0.3) is 0 Å². The Balaban J connectivity index is 2.08. The second-order valence-electron chi connectivity index (χ2n) is 7.62. The fraction of sp³-hybridized carbons (Fsp3) is 0.476. The summed E-state index contributed by atoms with van der Waals surface area (Å²) in [5.74, 6) is 3.19. The highest BCUT2D eigenvalue weighted by molar-refractivity contribution is 6.83. The average Bonchev–Trinajstić information content (AvgIpc) is 2.54. The molecule has 0 aromatic heterocycles. The topological polar surface area (TPSA) is 29.5 Å². The van der Waals surface area contributed by atoms with Crippen LogP contribution in [0.5, 0.6) is 0 Å². The lowest BCUT2D eigenvalue weighted by atomic mass is 9.98. The Bertz CT molecular complexity index is 652. The third-order valence-electron chi connectivity index (χ3n) is 4.06. The number of ether oxygens (including phenoxy) is 1. The predicted octanol–water partition coefficient (Wildman–Crippen LogP) is 4.02. The summed E-state index contributed by atoms with van der Waals surface area (Å²) in [6.07, 6.45) is 5.97. The summed E-state index contributed by atoms with van der Waals surface area (Å²) < 4.78 is 5.30. The fourth-order valence-electron chi connectivity index (χ4n) is 2.91. The summed E-state index contributed by atoms with van der Waals surface area (Å²) in [5.41, 5.74) is 4.76. The van der Waals surface area contributed by atoms with Gasteiger partial charge in [-0.15, -0.1) is 5.54 Å². The Labute approximate surface area is 153 Å². The second-order valence-corrected chi connectivity index (χ2v) is 12.4. The standard InChI is InChI=1S/C21H29NO2Si/c1-18(23)24-21-13-11-20(12-14-21)22(15-8-16-25(2,3)4)17-19-9-6-5-7-10-19/h5-7,9-11,13,20-21H,12,14-15,17H2,1-4H3/t20-,21-/m0/s1. The summed E-state index contributed by atoms with van der Waals surface area (Å²) in [4.78, 5) is 13.5. The Hall–Kier alpha value is -1.83. The first-order valence-corrected chi connectivity index (χ1v) is 12.5. The van der Waals surface area contributed by atoms with E-state index in [0.29, 0.717) is 6.04 Å². The molecular weight excluding hydrogens is 326 g/mol. The number of hydrogen-bond acceptors (Lipinski definition) is 3. The minimum Gasteiger partial charge on any atom is -0.458 e. The van der Waals surface area contributed by atoms with Crippen molar-refractivity contribution in [2.24, 2.45) is 0 Å². The van der Waals surface area contributed by atoms with Crippen LogP contribution in [0.2, 0.25) is 19.6 Å². The zero-order valence-electron chi connectivity index (χ0n) is 15.8. The number of esters is 1. The first kappa shape index (κ1) is 19.5. The van der Waals surface area contributed by atoms with Gasteiger partial charge in [-0.25, -0.2) is 0 Å². The Morgan fingerprint density at radius 1 is 1.20 bits per heavy atom. The van der Waals surface area contributed by atoms with Gasteiger partial charge in [-0.1, -0.05) is 62.0 Å². The van der Waals surface area contributed by atoms with Gasteiger partial charge in [0.15, 0.2) is 0 Å². The Kier molecular flexibility index (Phi) is 7.04. The average molecular weight is 356 g/mol. The molecule has 0 bridgehead atoms. The van der Waals surface area contributed by atoms with Crippen molar-refractivity contribution in [1.29, 1.82) is 0 Å². The van der Waals surface area contributed by atoms with Crippen molar-refractivity contribution in [1.82, 2.24) is 4.90 Å². The van der Waals surface area contributed by atoms with Crippen molar-refractivity contribution in [3.63, 3.8) is 0 Å². The van der Waals surface area contributed by atoms with E-state index in [9.17, 15) is 4.79 Å². The normalized spacial score (nSPS) is 20.0. The van der Waals surface area contributed by atoms with Crippen LogP contribution >= 0.6 is 0 Å². The summed E-state index contributed by atoms with van der Waals surface area (Å²) >= 11 is 0. The largest absolute Gasteiger partial charge is 0.458 e. The molecule has 0 N–H and O–H groups in total. The van der Waals surface area contributed by atoms with Gasteiger partial charge in [0, 0.05) is 19.5 Å². The van der Waals surface area contributed by atoms with E-state index < -0.39 is 8.07 Å². The molecule has 1 aromatic carbocycles. The number of carbonyl (C=O) groups is 1. The summed E-state index contributed by atoms with van der Waals surface area (Å²) in [6.45, 7) is 9.93. The van der Waals surface area contributed by atoms with Crippen LogP contribution in [-0.4, -0.2) is 37.6 Å². The number of nitrogens with zero attached hydrogens (tertiary/aromatic N) is 1. The van der Waals surface area contributed by atoms with Gasteiger partial charge < -0.3 is 4.74 Å². The van der Waals surface area contributed by atoms with Crippen molar-refractivity contribution < 1.29 is 9.53 Å². The van der Waals surface area contributed by atoms with Crippen molar-refractivity contribution in [3.05, 3.63) is 48.0 Å². The number of carbonyl (C=O) groups excluding carboxylic acids is 1. The van der Waals surface area contributed by atoms with E-state index in [1.807, 2.05) is 12.1 Å². The minimum atomic E-state index is -1.36. The highest BCUT2D eigenvalue weighted by atomic mass is 28.3. The molecule has 2 atom stereocenters. The molecule has 2 rings (SSSR count). The quantitative estimate of drug-likeness (QED) is 0.346. The van der Waals surface area contributed by atoms with Gasteiger partial charge in [0.25, 0.3) is 0 Å². The molecule has 134 valence electrons. The maximum atomic E-state index is 11.1. The van der Waals surface area contributed by atoms with E-state index in [0.717, 1.165) is 25.9 Å². The molecule has 0 aliphatic heterocycles. The number of hydrogen-bond donors (Lipinski definition) is 0. The lowest BCUT2D eigenvalue weighted by Gasteiger charge is -2.32. The molecule has 0 amide bonds. The van der Waals surface area contributed by atoms with E-state index in [4.69, 9.17) is 4.74 Å². The first-order valence-electron chi connectivity index (χ1n) is 8.97. The maximum Gasteiger partial charge on any atom is 0.303 e. The molecule has 1 aliphatic rings. The SMILES string of the molecule is CC(=O)O[C@H]1C=C[C@H](N(CC#C[Si](C)(C)C)Cc2ccccc2)CC1. The molecule has 0 fully saturated rings. The van der Waals surface area contributed by atoms with Gasteiger partial charge in [0.05, 0.1) is 6.54 Å². The molecule has 1 aliphatic carbocycles. The summed E-state index contributed by atoms with van der Waals surface area (Å²) in [5, 5.41) is 0. The van der Waals surface area contributed by atoms with Crippen LogP contribution < -0.4 is 0 Å². The van der Waals surface area contributed by atoms with Gasteiger partial charge in [-0.05, 0) is 24.5 Å². The smallest absolute Gasteiger partial charge is 0.303 e. The van der Waals surface area contributed by atoms with Crippen molar-refractivity contribution >= 4 is 14.0 Å². The van der Waals surface area contributed by atoms with Crippen LogP contribution in [0, 0.1) is 11.5 Å². The molecule has 0 radical (unpaired) electrons. The predicted molar refractivity (Wildman–Crippen MR) is 106 cm³/mol. The molecule has 1 aromatic rings. The minimum absolute atomic E-state index is 0.0830. The molecule has 4 heteroatoms. The number of rotatable bonds is 5. The zero-order chi connectivity index (χ0) is 18.3. The van der Waals surface area contributed by atoms with Gasteiger partial charge in [0.2, 0.25) is 0 Å². The molecule has 0 spiro atoms. The van der Waals surface area contributed by atoms with Crippen LogP contribution in [-0.2, 0) is 16.1 Å². The van der Waals surface area contributed by atoms with E-state index in [2.05, 4.69) is 66.3 Å². The Morgan fingerprint density at radius 2 is 1.92 bits per heavy atom. The lowest BCUT2D eigenvalue weighted by Crippen LogP contribution is -2.37. The molecule has 0 saturated heterocycles. The van der Waals surface area contributed by atoms with Crippen molar-refractivity contribution in [3.8, 4) is 11.5 Å². The lowest BCUT2D eigenvalue weighted by molar-refractivity contribution is -0.144. The molecule has 25 heavy (non-hydrogen) atoms. The Morgan fingerprint density at radius 3 is 2.48 bits per heavy atom. The van der Waals surface area contributed by atoms with Gasteiger partial charge >= 0.3 is 5.97 Å². The highest BCUT2D eigenvalue weighted by Crippen LogP contribution is 2.21. The third-order valence-corrected chi connectivity index (χ3v) is 4.98. The second kappa shape index (κ2) is 9.03. The molecule has 0 heterocycles. The third kappa shape index (κ3) is 7.29. The van der Waals surface area contributed by atoms with Gasteiger partial charge in [-0.3, -0.25) is 9.69 Å². The van der Waals surface area contributed by atoms with Crippen LogP contribution in [0.3, 0.4) is 0 Å². The van der Waals surface area contributed by atoms with Crippen LogP contribution in [0.4, 0.5) is 0 Å². The first-order chi connectivity index (χ1) is 11.8. The molecule has 0 saturated carbocycles. The van der Waals surface area contributed by atoms with Gasteiger partial charge in [-0.2, -0.15) is 0 Å². The van der Waals surface area contributed by atoms with E-state index >= 15 is 0 Å². The van der Waals surface area contributed by atoms with Crippen LogP contribution in [0.15, 0.2) is 42.5 Å². The molecule has 3 nitrogen and oxygen atoms in total. The van der Waals surface area contributed by atoms with E-state index in [-0.39, 0.29) is 12.1 Å². The fourth-order valence-corrected chi connectivity index (χ4v) is 3.52. The monoisotopic (exact) mass is 355 g/mol.